The van der Waals surface area contributed by atoms with Crippen LogP contribution in [0.3, 0.4) is 0 Å². The monoisotopic (exact) mass is 206 g/mol. The Bertz CT molecular complexity index is 425. The number of hydrogen-bond acceptors (Lipinski definition) is 2. The van der Waals surface area contributed by atoms with Crippen LogP contribution in [0.15, 0.2) is 36.4 Å². The van der Waals surface area contributed by atoms with Crippen molar-refractivity contribution in [3.63, 3.8) is 0 Å². The summed E-state index contributed by atoms with van der Waals surface area (Å²) in [5, 5.41) is 0. The van der Waals surface area contributed by atoms with Gasteiger partial charge in [-0.05, 0) is 13.0 Å². The standard InChI is InChI=1S/C12H11FO2/c1-12(8-4-7-11(14)15-12)9-5-2-3-6-10(9)13/h2-7H,8H2,1H3/t12-/m0/s1. The lowest BCUT2D eigenvalue weighted by Gasteiger charge is -2.31. The minimum absolute atomic E-state index is 0.344. The third-order valence-corrected chi connectivity index (χ3v) is 2.53. The Kier molecular flexibility index (Phi) is 2.31. The lowest BCUT2D eigenvalue weighted by Crippen LogP contribution is -2.31. The van der Waals surface area contributed by atoms with E-state index in [1.165, 1.54) is 12.1 Å². The molecule has 0 spiro atoms. The summed E-state index contributed by atoms with van der Waals surface area (Å²) >= 11 is 0. The zero-order chi connectivity index (χ0) is 10.9. The Labute approximate surface area is 87.4 Å². The fraction of sp³-hybridized carbons (Fsp3) is 0.250. The molecule has 1 aromatic carbocycles. The Morgan fingerprint density at radius 3 is 2.80 bits per heavy atom. The summed E-state index contributed by atoms with van der Waals surface area (Å²) in [4.78, 5) is 11.1. The summed E-state index contributed by atoms with van der Waals surface area (Å²) in [6.07, 6.45) is 3.57. The topological polar surface area (TPSA) is 26.3 Å². The molecule has 1 atom stereocenters. The molecule has 1 aromatic rings. The molecule has 0 saturated carbocycles. The number of halogens is 1. The lowest BCUT2D eigenvalue weighted by atomic mass is 9.90. The van der Waals surface area contributed by atoms with Crippen molar-refractivity contribution in [1.29, 1.82) is 0 Å². The van der Waals surface area contributed by atoms with E-state index in [2.05, 4.69) is 0 Å². The minimum atomic E-state index is -0.878. The maximum atomic E-state index is 13.5. The van der Waals surface area contributed by atoms with E-state index in [4.69, 9.17) is 4.74 Å². The quantitative estimate of drug-likeness (QED) is 0.660. The molecular weight excluding hydrogens is 195 g/mol. The minimum Gasteiger partial charge on any atom is -0.451 e. The molecule has 2 nitrogen and oxygen atoms in total. The van der Waals surface area contributed by atoms with E-state index in [-0.39, 0.29) is 5.82 Å². The van der Waals surface area contributed by atoms with Gasteiger partial charge in [-0.3, -0.25) is 0 Å². The van der Waals surface area contributed by atoms with Crippen LogP contribution < -0.4 is 0 Å². The predicted octanol–water partition coefficient (Wildman–Crippen LogP) is 2.54. The van der Waals surface area contributed by atoms with Gasteiger partial charge >= 0.3 is 5.97 Å². The molecule has 0 fully saturated rings. The highest BCUT2D eigenvalue weighted by atomic mass is 19.1. The number of hydrogen-bond donors (Lipinski definition) is 0. The molecule has 0 unspecified atom stereocenters. The van der Waals surface area contributed by atoms with Crippen LogP contribution in [-0.2, 0) is 15.1 Å². The molecule has 3 heteroatoms. The van der Waals surface area contributed by atoms with Crippen LogP contribution in [-0.4, -0.2) is 5.97 Å². The van der Waals surface area contributed by atoms with Crippen molar-refractivity contribution in [2.75, 3.05) is 0 Å². The Balaban J connectivity index is 2.42. The van der Waals surface area contributed by atoms with Crippen molar-refractivity contribution in [3.8, 4) is 0 Å². The molecule has 2 rings (SSSR count). The van der Waals surface area contributed by atoms with Gasteiger partial charge in [-0.25, -0.2) is 9.18 Å². The average molecular weight is 206 g/mol. The van der Waals surface area contributed by atoms with E-state index in [0.717, 1.165) is 0 Å². The molecule has 0 N–H and O–H groups in total. The van der Waals surface area contributed by atoms with Crippen LogP contribution in [0.4, 0.5) is 4.39 Å². The SMILES string of the molecule is C[C@@]1(c2ccccc2F)CC=CC(=O)O1. The summed E-state index contributed by atoms with van der Waals surface area (Å²) in [6, 6.07) is 6.35. The van der Waals surface area contributed by atoms with Gasteiger partial charge in [0.05, 0.1) is 0 Å². The second-order valence-corrected chi connectivity index (χ2v) is 3.74. The van der Waals surface area contributed by atoms with Gasteiger partial charge in [-0.15, -0.1) is 0 Å². The van der Waals surface area contributed by atoms with Gasteiger partial charge in [0.2, 0.25) is 0 Å². The number of cyclic esters (lactones) is 1. The largest absolute Gasteiger partial charge is 0.451 e. The Morgan fingerprint density at radius 2 is 2.13 bits per heavy atom. The van der Waals surface area contributed by atoms with Crippen molar-refractivity contribution in [3.05, 3.63) is 47.8 Å². The van der Waals surface area contributed by atoms with Gasteiger partial charge in [-0.1, -0.05) is 24.3 Å². The van der Waals surface area contributed by atoms with E-state index < -0.39 is 11.6 Å². The van der Waals surface area contributed by atoms with Gasteiger partial charge in [0, 0.05) is 18.1 Å². The summed E-state index contributed by atoms with van der Waals surface area (Å²) in [7, 11) is 0. The van der Waals surface area contributed by atoms with E-state index in [9.17, 15) is 9.18 Å². The second-order valence-electron chi connectivity index (χ2n) is 3.74. The summed E-state index contributed by atoms with van der Waals surface area (Å²) in [5.41, 5.74) is -0.459. The Hall–Kier alpha value is -1.64. The highest BCUT2D eigenvalue weighted by Gasteiger charge is 2.34. The molecule has 0 saturated heterocycles. The summed E-state index contributed by atoms with van der Waals surface area (Å²) in [6.45, 7) is 1.72. The van der Waals surface area contributed by atoms with E-state index in [1.807, 2.05) is 0 Å². The Morgan fingerprint density at radius 1 is 1.40 bits per heavy atom. The van der Waals surface area contributed by atoms with E-state index in [0.29, 0.717) is 12.0 Å². The first-order valence-corrected chi connectivity index (χ1v) is 4.76. The third kappa shape index (κ3) is 1.77. The summed E-state index contributed by atoms with van der Waals surface area (Å²) < 4.78 is 18.7. The van der Waals surface area contributed by atoms with Crippen LogP contribution in [0, 0.1) is 5.82 Å². The molecule has 1 aliphatic rings. The average Bonchev–Trinajstić information content (AvgIpc) is 2.17. The smallest absolute Gasteiger partial charge is 0.331 e. The van der Waals surface area contributed by atoms with Crippen molar-refractivity contribution in [2.24, 2.45) is 0 Å². The van der Waals surface area contributed by atoms with Crippen molar-refractivity contribution in [2.45, 2.75) is 18.9 Å². The molecule has 15 heavy (non-hydrogen) atoms. The zero-order valence-corrected chi connectivity index (χ0v) is 8.37. The normalized spacial score (nSPS) is 25.1. The van der Waals surface area contributed by atoms with E-state index >= 15 is 0 Å². The highest BCUT2D eigenvalue weighted by Crippen LogP contribution is 2.33. The molecule has 0 aliphatic carbocycles. The molecule has 0 radical (unpaired) electrons. The van der Waals surface area contributed by atoms with Crippen LogP contribution >= 0.6 is 0 Å². The number of benzene rings is 1. The van der Waals surface area contributed by atoms with Gasteiger partial charge < -0.3 is 4.74 Å². The third-order valence-electron chi connectivity index (χ3n) is 2.53. The molecule has 78 valence electrons. The zero-order valence-electron chi connectivity index (χ0n) is 8.37. The summed E-state index contributed by atoms with van der Waals surface area (Å²) in [5.74, 6) is -0.768. The fourth-order valence-corrected chi connectivity index (χ4v) is 1.73. The maximum Gasteiger partial charge on any atom is 0.331 e. The highest BCUT2D eigenvalue weighted by molar-refractivity contribution is 5.83. The number of carbonyl (C=O) groups excluding carboxylic acids is 1. The number of ether oxygens (including phenoxy) is 1. The maximum absolute atomic E-state index is 13.5. The van der Waals surface area contributed by atoms with Crippen molar-refractivity contribution >= 4 is 5.97 Å². The number of esters is 1. The van der Waals surface area contributed by atoms with Crippen molar-refractivity contribution < 1.29 is 13.9 Å². The number of rotatable bonds is 1. The van der Waals surface area contributed by atoms with Gasteiger partial charge in [0.15, 0.2) is 0 Å². The molecule has 0 amide bonds. The first-order valence-electron chi connectivity index (χ1n) is 4.76. The molecule has 0 aromatic heterocycles. The van der Waals surface area contributed by atoms with Gasteiger partial charge in [-0.2, -0.15) is 0 Å². The van der Waals surface area contributed by atoms with Crippen LogP contribution in [0.5, 0.6) is 0 Å². The molecule has 0 bridgehead atoms. The second kappa shape index (κ2) is 3.50. The molecular formula is C12H11FO2. The van der Waals surface area contributed by atoms with Crippen LogP contribution in [0.25, 0.3) is 0 Å². The predicted molar refractivity (Wildman–Crippen MR) is 53.6 cm³/mol. The number of carbonyl (C=O) groups is 1. The fourth-order valence-electron chi connectivity index (χ4n) is 1.73. The first kappa shape index (κ1) is 9.90. The van der Waals surface area contributed by atoms with Crippen LogP contribution in [0.1, 0.15) is 18.9 Å². The van der Waals surface area contributed by atoms with E-state index in [1.54, 1.807) is 31.2 Å². The lowest BCUT2D eigenvalue weighted by molar-refractivity contribution is -0.154. The molecule has 1 heterocycles. The van der Waals surface area contributed by atoms with Crippen molar-refractivity contribution in [1.82, 2.24) is 0 Å². The molecule has 1 aliphatic heterocycles. The van der Waals surface area contributed by atoms with Crippen LogP contribution in [0.2, 0.25) is 0 Å². The first-order chi connectivity index (χ1) is 7.12. The van der Waals surface area contributed by atoms with Gasteiger partial charge in [0.1, 0.15) is 11.4 Å². The van der Waals surface area contributed by atoms with Gasteiger partial charge in [0.25, 0.3) is 0 Å².